The third kappa shape index (κ3) is 4.89. The van der Waals surface area contributed by atoms with Crippen molar-refractivity contribution in [1.29, 1.82) is 0 Å². The van der Waals surface area contributed by atoms with E-state index in [1.54, 1.807) is 12.1 Å². The van der Waals surface area contributed by atoms with Crippen LogP contribution < -0.4 is 0 Å². The van der Waals surface area contributed by atoms with Crippen LogP contribution >= 0.6 is 0 Å². The van der Waals surface area contributed by atoms with Crippen molar-refractivity contribution < 1.29 is 22.1 Å². The van der Waals surface area contributed by atoms with Crippen molar-refractivity contribution in [3.8, 4) is 0 Å². The maximum atomic E-state index is 13.0. The summed E-state index contributed by atoms with van der Waals surface area (Å²) in [6, 6.07) is 6.93. The van der Waals surface area contributed by atoms with Gasteiger partial charge in [0.1, 0.15) is 0 Å². The van der Waals surface area contributed by atoms with Crippen molar-refractivity contribution in [3.05, 3.63) is 41.5 Å². The first-order valence-electron chi connectivity index (χ1n) is 14.7. The summed E-state index contributed by atoms with van der Waals surface area (Å²) < 4.78 is 36.6. The van der Waals surface area contributed by atoms with E-state index in [9.17, 15) is 13.2 Å². The molecule has 3 saturated carbocycles. The number of esters is 1. The Hall–Kier alpha value is -1.66. The van der Waals surface area contributed by atoms with Gasteiger partial charge in [0.2, 0.25) is 0 Å². The van der Waals surface area contributed by atoms with Gasteiger partial charge in [-0.3, -0.25) is 8.98 Å². The Kier molecular flexibility index (Phi) is 7.62. The van der Waals surface area contributed by atoms with Crippen LogP contribution in [0.5, 0.6) is 0 Å². The van der Waals surface area contributed by atoms with Gasteiger partial charge in [0.15, 0.2) is 0 Å². The lowest BCUT2D eigenvalue weighted by molar-refractivity contribution is -0.141. The zero-order valence-electron chi connectivity index (χ0n) is 23.9. The Bertz CT molecular complexity index is 1170. The molecule has 5 nitrogen and oxygen atoms in total. The first-order valence-corrected chi connectivity index (χ1v) is 16.1. The highest BCUT2D eigenvalue weighted by molar-refractivity contribution is 7.86. The van der Waals surface area contributed by atoms with Crippen LogP contribution in [0.25, 0.3) is 0 Å². The minimum Gasteiger partial charge on any atom is -0.469 e. The molecule has 0 amide bonds. The second-order valence-corrected chi connectivity index (χ2v) is 14.9. The number of hydrogen-bond acceptors (Lipinski definition) is 5. The quantitative estimate of drug-likeness (QED) is 0.206. The van der Waals surface area contributed by atoms with Gasteiger partial charge in [-0.2, -0.15) is 8.42 Å². The Morgan fingerprint density at radius 3 is 2.50 bits per heavy atom. The van der Waals surface area contributed by atoms with Crippen LogP contribution in [-0.4, -0.2) is 27.6 Å². The van der Waals surface area contributed by atoms with Gasteiger partial charge in [0.05, 0.1) is 18.1 Å². The lowest BCUT2D eigenvalue weighted by Crippen LogP contribution is -2.51. The summed E-state index contributed by atoms with van der Waals surface area (Å²) in [7, 11) is -2.28. The number of methoxy groups -OCH3 is 1. The van der Waals surface area contributed by atoms with E-state index in [1.807, 2.05) is 19.1 Å². The summed E-state index contributed by atoms with van der Waals surface area (Å²) >= 11 is 0. The Morgan fingerprint density at radius 1 is 1.05 bits per heavy atom. The molecule has 0 unspecified atom stereocenters. The van der Waals surface area contributed by atoms with Crippen molar-refractivity contribution in [1.82, 2.24) is 0 Å². The first-order chi connectivity index (χ1) is 18.0. The molecule has 0 aliphatic heterocycles. The third-order valence-electron chi connectivity index (χ3n) is 11.4. The van der Waals surface area contributed by atoms with E-state index in [4.69, 9.17) is 8.92 Å². The van der Waals surface area contributed by atoms with E-state index < -0.39 is 10.1 Å². The molecule has 0 spiro atoms. The number of benzene rings is 1. The number of aryl methyl sites for hydroxylation is 1. The van der Waals surface area contributed by atoms with Crippen LogP contribution in [0, 0.1) is 47.3 Å². The van der Waals surface area contributed by atoms with Crippen LogP contribution in [-0.2, 0) is 23.8 Å². The minimum absolute atomic E-state index is 0.0932. The summed E-state index contributed by atoms with van der Waals surface area (Å²) in [5, 5.41) is 0. The highest BCUT2D eigenvalue weighted by atomic mass is 32.2. The number of carbonyl (C=O) groups excluding carboxylic acids is 1. The van der Waals surface area contributed by atoms with Gasteiger partial charge >= 0.3 is 5.97 Å². The highest BCUT2D eigenvalue weighted by Crippen LogP contribution is 2.67. The van der Waals surface area contributed by atoms with Crippen molar-refractivity contribution in [2.75, 3.05) is 7.11 Å². The maximum absolute atomic E-state index is 13.0. The summed E-state index contributed by atoms with van der Waals surface area (Å²) in [6.07, 6.45) is 12.3. The maximum Gasteiger partial charge on any atom is 0.305 e. The Balaban J connectivity index is 1.28. The standard InChI is InChI=1S/C32H46O5S/c1-21-6-10-25(11-7-21)38(34,35)37-24-16-18-31(3)23(20-24)9-12-26-28-14-13-27(22(2)8-15-30(33)36-5)32(28,4)19-17-29(26)31/h6-7,9-11,22,24,26-29H,8,12-20H2,1-5H3/t22-,24+,26+,27-,28+,29+,31+,32-/m1/s1. The minimum atomic E-state index is -3.76. The molecule has 4 aliphatic rings. The molecule has 38 heavy (non-hydrogen) atoms. The second-order valence-electron chi connectivity index (χ2n) is 13.3. The number of hydrogen-bond donors (Lipinski definition) is 0. The number of allylic oxidation sites excluding steroid dienone is 1. The van der Waals surface area contributed by atoms with Crippen molar-refractivity contribution in [3.63, 3.8) is 0 Å². The monoisotopic (exact) mass is 542 g/mol. The molecule has 210 valence electrons. The molecule has 6 heteroatoms. The molecule has 0 bridgehead atoms. The molecular formula is C32H46O5S. The van der Waals surface area contributed by atoms with E-state index in [1.165, 1.54) is 38.4 Å². The SMILES string of the molecule is COC(=O)CC[C@@H](C)[C@H]1CC[C@H]2[C@@H]3CC=C4C[C@@H](OS(=O)(=O)c5ccc(C)cc5)CC[C@]4(C)[C@H]3CC[C@]12C. The van der Waals surface area contributed by atoms with Crippen molar-refractivity contribution >= 4 is 16.1 Å². The number of fused-ring (bicyclic) bond motifs is 5. The van der Waals surface area contributed by atoms with E-state index >= 15 is 0 Å². The lowest BCUT2D eigenvalue weighted by atomic mass is 9.47. The molecule has 0 aromatic heterocycles. The fourth-order valence-corrected chi connectivity index (χ4v) is 10.4. The predicted octanol–water partition coefficient (Wildman–Crippen LogP) is 7.24. The van der Waals surface area contributed by atoms with Crippen LogP contribution in [0.4, 0.5) is 0 Å². The zero-order chi connectivity index (χ0) is 27.3. The topological polar surface area (TPSA) is 69.7 Å². The van der Waals surface area contributed by atoms with Gasteiger partial charge in [0, 0.05) is 6.42 Å². The molecule has 8 atom stereocenters. The largest absolute Gasteiger partial charge is 0.469 e. The summed E-state index contributed by atoms with van der Waals surface area (Å²) in [4.78, 5) is 12.0. The Morgan fingerprint density at radius 2 is 1.79 bits per heavy atom. The van der Waals surface area contributed by atoms with Crippen LogP contribution in [0.15, 0.2) is 40.8 Å². The molecule has 5 rings (SSSR count). The van der Waals surface area contributed by atoms with E-state index in [0.29, 0.717) is 35.5 Å². The average Bonchev–Trinajstić information content (AvgIpc) is 3.24. The molecule has 0 radical (unpaired) electrons. The van der Waals surface area contributed by atoms with Gasteiger partial charge in [0.25, 0.3) is 10.1 Å². The molecular weight excluding hydrogens is 496 g/mol. The van der Waals surface area contributed by atoms with Crippen LogP contribution in [0.3, 0.4) is 0 Å². The second kappa shape index (κ2) is 10.4. The average molecular weight is 543 g/mol. The fraction of sp³-hybridized carbons (Fsp3) is 0.719. The van der Waals surface area contributed by atoms with Crippen molar-refractivity contribution in [2.45, 2.75) is 103 Å². The molecule has 4 aliphatic carbocycles. The molecule has 3 fully saturated rings. The van der Waals surface area contributed by atoms with Gasteiger partial charge in [-0.05, 0) is 117 Å². The van der Waals surface area contributed by atoms with Crippen LogP contribution in [0.2, 0.25) is 0 Å². The summed E-state index contributed by atoms with van der Waals surface area (Å²) in [5.74, 6) is 3.22. The lowest BCUT2D eigenvalue weighted by Gasteiger charge is -2.58. The van der Waals surface area contributed by atoms with E-state index in [0.717, 1.165) is 43.6 Å². The smallest absolute Gasteiger partial charge is 0.305 e. The van der Waals surface area contributed by atoms with Crippen molar-refractivity contribution in [2.24, 2.45) is 40.4 Å². The normalized spacial score (nSPS) is 37.4. The molecule has 0 N–H and O–H groups in total. The molecule has 0 heterocycles. The number of rotatable bonds is 7. The molecule has 1 aromatic carbocycles. The van der Waals surface area contributed by atoms with E-state index in [-0.39, 0.29) is 22.4 Å². The third-order valence-corrected chi connectivity index (χ3v) is 12.8. The summed E-state index contributed by atoms with van der Waals surface area (Å²) in [6.45, 7) is 9.30. The van der Waals surface area contributed by atoms with Gasteiger partial charge in [-0.1, -0.05) is 50.1 Å². The fourth-order valence-electron chi connectivity index (χ4n) is 9.27. The van der Waals surface area contributed by atoms with Gasteiger partial charge in [-0.15, -0.1) is 0 Å². The van der Waals surface area contributed by atoms with E-state index in [2.05, 4.69) is 26.8 Å². The predicted molar refractivity (Wildman–Crippen MR) is 149 cm³/mol. The molecule has 0 saturated heterocycles. The van der Waals surface area contributed by atoms with Gasteiger partial charge < -0.3 is 4.74 Å². The highest BCUT2D eigenvalue weighted by Gasteiger charge is 2.59. The van der Waals surface area contributed by atoms with Gasteiger partial charge in [-0.25, -0.2) is 0 Å². The first kappa shape index (κ1) is 27.9. The summed E-state index contributed by atoms with van der Waals surface area (Å²) in [5.41, 5.74) is 2.96. The zero-order valence-corrected chi connectivity index (χ0v) is 24.7. The Labute approximate surface area is 229 Å². The number of carbonyl (C=O) groups is 1. The molecule has 1 aromatic rings. The van der Waals surface area contributed by atoms with Crippen LogP contribution in [0.1, 0.15) is 90.5 Å². The number of ether oxygens (including phenoxy) is 1.